The predicted octanol–water partition coefficient (Wildman–Crippen LogP) is 4.61. The molecule has 0 spiro atoms. The smallest absolute Gasteiger partial charge is 0.207 e. The van der Waals surface area contributed by atoms with Crippen LogP contribution in [0.15, 0.2) is 33.9 Å². The van der Waals surface area contributed by atoms with Crippen LogP contribution >= 0.6 is 46.1 Å². The average Bonchev–Trinajstić information content (AvgIpc) is 2.91. The van der Waals surface area contributed by atoms with E-state index in [2.05, 4.69) is 0 Å². The van der Waals surface area contributed by atoms with Crippen molar-refractivity contribution in [2.75, 3.05) is 7.05 Å². The van der Waals surface area contributed by atoms with Gasteiger partial charge in [-0.25, -0.2) is 8.42 Å². The van der Waals surface area contributed by atoms with E-state index in [1.165, 1.54) is 34.8 Å². The Morgan fingerprint density at radius 2 is 1.95 bits per heavy atom. The molecule has 8 heteroatoms. The average molecular weight is 385 g/mol. The number of nitrogens with zero attached hydrogens (tertiary/aromatic N) is 1. The molecule has 2 rings (SSSR count). The summed E-state index contributed by atoms with van der Waals surface area (Å²) in [6.07, 6.45) is 0. The summed E-state index contributed by atoms with van der Waals surface area (Å²) in [5, 5.41) is 4.25. The molecule has 0 amide bonds. The van der Waals surface area contributed by atoms with E-state index in [0.717, 1.165) is 5.56 Å². The Morgan fingerprint density at radius 3 is 2.52 bits per heavy atom. The molecule has 0 aliphatic heterocycles. The number of thiophene rings is 1. The first-order chi connectivity index (χ1) is 9.86. The molecular formula is C13H12Cl3NO2S2. The van der Waals surface area contributed by atoms with Crippen LogP contribution in [-0.4, -0.2) is 19.8 Å². The van der Waals surface area contributed by atoms with Crippen molar-refractivity contribution in [3.8, 4) is 0 Å². The van der Waals surface area contributed by atoms with E-state index in [1.54, 1.807) is 0 Å². The van der Waals surface area contributed by atoms with Gasteiger partial charge in [-0.05, 0) is 40.1 Å². The van der Waals surface area contributed by atoms with Crippen LogP contribution in [0, 0.1) is 0 Å². The zero-order valence-electron chi connectivity index (χ0n) is 11.0. The van der Waals surface area contributed by atoms with Crippen LogP contribution in [-0.2, 0) is 22.4 Å². The first-order valence-electron chi connectivity index (χ1n) is 5.87. The SMILES string of the molecule is CN(Cc1ccsc1)S(=O)(=O)c1cc(CCl)c(Cl)cc1Cl. The maximum atomic E-state index is 12.6. The summed E-state index contributed by atoms with van der Waals surface area (Å²) in [7, 11) is -2.19. The largest absolute Gasteiger partial charge is 0.244 e. The van der Waals surface area contributed by atoms with Gasteiger partial charge in [0.2, 0.25) is 10.0 Å². The third kappa shape index (κ3) is 3.73. The summed E-state index contributed by atoms with van der Waals surface area (Å²) < 4.78 is 26.5. The molecule has 0 fully saturated rings. The van der Waals surface area contributed by atoms with Gasteiger partial charge in [-0.1, -0.05) is 23.2 Å². The lowest BCUT2D eigenvalue weighted by Gasteiger charge is -2.18. The van der Waals surface area contributed by atoms with Crippen molar-refractivity contribution in [1.82, 2.24) is 4.31 Å². The van der Waals surface area contributed by atoms with Crippen molar-refractivity contribution >= 4 is 56.2 Å². The topological polar surface area (TPSA) is 37.4 Å². The summed E-state index contributed by atoms with van der Waals surface area (Å²) in [5.41, 5.74) is 1.46. The fourth-order valence-corrected chi connectivity index (χ4v) is 4.71. The third-order valence-corrected chi connectivity index (χ3v) is 6.56. The minimum Gasteiger partial charge on any atom is -0.207 e. The summed E-state index contributed by atoms with van der Waals surface area (Å²) in [4.78, 5) is 0.0157. The number of sulfonamides is 1. The Labute approximate surface area is 143 Å². The van der Waals surface area contributed by atoms with Gasteiger partial charge in [0.1, 0.15) is 4.90 Å². The Kier molecular flexibility index (Phi) is 5.57. The predicted molar refractivity (Wildman–Crippen MR) is 89.0 cm³/mol. The molecule has 1 aromatic carbocycles. The standard InChI is InChI=1S/C13H12Cl3NO2S2/c1-17(7-9-2-3-20-8-9)21(18,19)13-4-10(6-14)11(15)5-12(13)16/h2-5,8H,6-7H2,1H3. The Bertz CT molecular complexity index is 730. The van der Waals surface area contributed by atoms with Gasteiger partial charge < -0.3 is 0 Å². The number of benzene rings is 1. The van der Waals surface area contributed by atoms with Crippen LogP contribution in [0.4, 0.5) is 0 Å². The zero-order chi connectivity index (χ0) is 15.6. The molecule has 0 N–H and O–H groups in total. The lowest BCUT2D eigenvalue weighted by Crippen LogP contribution is -2.26. The second kappa shape index (κ2) is 6.86. The van der Waals surface area contributed by atoms with E-state index in [0.29, 0.717) is 10.6 Å². The van der Waals surface area contributed by atoms with Gasteiger partial charge in [-0.15, -0.1) is 11.6 Å². The molecule has 0 saturated carbocycles. The normalized spacial score (nSPS) is 12.0. The number of alkyl halides is 1. The molecule has 21 heavy (non-hydrogen) atoms. The minimum absolute atomic E-state index is 0.0157. The highest BCUT2D eigenvalue weighted by Gasteiger charge is 2.25. The molecule has 0 unspecified atom stereocenters. The Hall–Kier alpha value is -0.300. The zero-order valence-corrected chi connectivity index (χ0v) is 14.9. The number of hydrogen-bond donors (Lipinski definition) is 0. The van der Waals surface area contributed by atoms with Crippen LogP contribution < -0.4 is 0 Å². The third-order valence-electron chi connectivity index (χ3n) is 2.92. The van der Waals surface area contributed by atoms with Crippen LogP contribution in [0.1, 0.15) is 11.1 Å². The van der Waals surface area contributed by atoms with Gasteiger partial charge in [0, 0.05) is 24.5 Å². The van der Waals surface area contributed by atoms with Crippen molar-refractivity contribution in [3.05, 3.63) is 50.1 Å². The molecule has 0 radical (unpaired) electrons. The fourth-order valence-electron chi connectivity index (χ4n) is 1.76. The van der Waals surface area contributed by atoms with Crippen LogP contribution in [0.2, 0.25) is 10.0 Å². The van der Waals surface area contributed by atoms with E-state index >= 15 is 0 Å². The highest BCUT2D eigenvalue weighted by atomic mass is 35.5. The van der Waals surface area contributed by atoms with Crippen molar-refractivity contribution in [2.45, 2.75) is 17.3 Å². The van der Waals surface area contributed by atoms with Gasteiger partial charge in [0.25, 0.3) is 0 Å². The molecular weight excluding hydrogens is 373 g/mol. The molecule has 1 heterocycles. The van der Waals surface area contributed by atoms with E-state index in [9.17, 15) is 8.42 Å². The second-order valence-electron chi connectivity index (χ2n) is 4.40. The van der Waals surface area contributed by atoms with Gasteiger partial charge in [-0.2, -0.15) is 15.6 Å². The number of hydrogen-bond acceptors (Lipinski definition) is 3. The van der Waals surface area contributed by atoms with Gasteiger partial charge >= 0.3 is 0 Å². The first kappa shape index (κ1) is 17.1. The molecule has 114 valence electrons. The Balaban J connectivity index is 2.39. The van der Waals surface area contributed by atoms with Gasteiger partial charge in [0.15, 0.2) is 0 Å². The van der Waals surface area contributed by atoms with Crippen molar-refractivity contribution in [1.29, 1.82) is 0 Å². The summed E-state index contributed by atoms with van der Waals surface area (Å²) in [6.45, 7) is 0.279. The van der Waals surface area contributed by atoms with E-state index in [1.807, 2.05) is 16.8 Å². The number of halogens is 3. The molecule has 1 aromatic heterocycles. The van der Waals surface area contributed by atoms with E-state index in [-0.39, 0.29) is 22.3 Å². The van der Waals surface area contributed by atoms with E-state index < -0.39 is 10.0 Å². The lowest BCUT2D eigenvalue weighted by molar-refractivity contribution is 0.467. The lowest BCUT2D eigenvalue weighted by atomic mass is 10.2. The summed E-state index contributed by atoms with van der Waals surface area (Å²) in [5.74, 6) is 0.118. The maximum absolute atomic E-state index is 12.6. The highest BCUT2D eigenvalue weighted by molar-refractivity contribution is 7.89. The fraction of sp³-hybridized carbons (Fsp3) is 0.231. The quantitative estimate of drug-likeness (QED) is 0.706. The van der Waals surface area contributed by atoms with Crippen LogP contribution in [0.25, 0.3) is 0 Å². The van der Waals surface area contributed by atoms with Gasteiger partial charge in [0.05, 0.1) is 5.02 Å². The molecule has 0 saturated heterocycles. The van der Waals surface area contributed by atoms with Crippen molar-refractivity contribution in [3.63, 3.8) is 0 Å². The van der Waals surface area contributed by atoms with Crippen LogP contribution in [0.3, 0.4) is 0 Å². The molecule has 0 atom stereocenters. The van der Waals surface area contributed by atoms with Crippen LogP contribution in [0.5, 0.6) is 0 Å². The van der Waals surface area contributed by atoms with Crippen molar-refractivity contribution < 1.29 is 8.42 Å². The summed E-state index contributed by atoms with van der Waals surface area (Å²) in [6, 6.07) is 4.72. The molecule has 3 nitrogen and oxygen atoms in total. The maximum Gasteiger partial charge on any atom is 0.244 e. The Morgan fingerprint density at radius 1 is 1.24 bits per heavy atom. The molecule has 0 bridgehead atoms. The van der Waals surface area contributed by atoms with Gasteiger partial charge in [-0.3, -0.25) is 0 Å². The first-order valence-corrected chi connectivity index (χ1v) is 9.55. The molecule has 0 aliphatic carbocycles. The summed E-state index contributed by atoms with van der Waals surface area (Å²) >= 11 is 19.3. The monoisotopic (exact) mass is 383 g/mol. The van der Waals surface area contributed by atoms with Crippen molar-refractivity contribution in [2.24, 2.45) is 0 Å². The highest BCUT2D eigenvalue weighted by Crippen LogP contribution is 2.31. The second-order valence-corrected chi connectivity index (χ2v) is 8.28. The molecule has 0 aliphatic rings. The molecule has 2 aromatic rings. The minimum atomic E-state index is -3.71. The number of rotatable bonds is 5. The van der Waals surface area contributed by atoms with E-state index in [4.69, 9.17) is 34.8 Å².